The van der Waals surface area contributed by atoms with Crippen LogP contribution in [-0.4, -0.2) is 34.0 Å². The van der Waals surface area contributed by atoms with Gasteiger partial charge in [-0.1, -0.05) is 13.3 Å². The van der Waals surface area contributed by atoms with Crippen molar-refractivity contribution in [3.63, 3.8) is 0 Å². The highest BCUT2D eigenvalue weighted by atomic mass is 19.1. The Labute approximate surface area is 175 Å². The Morgan fingerprint density at radius 2 is 1.80 bits per heavy atom. The zero-order chi connectivity index (χ0) is 21.8. The standard InChI is InChI=1S/C23H26FN3O3/c1-4-5-6-25-19(29)10-15-9-18(28)21(22(15)30)20-13(2)7-16(8-14(20)3)23-26-11-17(24)12-27-23/h7-8,11-12,15,21H,4-6,9-10H2,1-3H3,(H,25,29). The van der Waals surface area contributed by atoms with Crippen LogP contribution in [0.3, 0.4) is 0 Å². The fourth-order valence-corrected chi connectivity index (χ4v) is 4.05. The van der Waals surface area contributed by atoms with Gasteiger partial charge in [0.25, 0.3) is 0 Å². The highest BCUT2D eigenvalue weighted by Gasteiger charge is 2.43. The lowest BCUT2D eigenvalue weighted by molar-refractivity contribution is -0.128. The predicted octanol–water partition coefficient (Wildman–Crippen LogP) is 3.45. The monoisotopic (exact) mass is 411 g/mol. The van der Waals surface area contributed by atoms with Crippen LogP contribution < -0.4 is 5.32 Å². The van der Waals surface area contributed by atoms with Crippen LogP contribution in [-0.2, 0) is 14.4 Å². The third-order valence-corrected chi connectivity index (χ3v) is 5.50. The minimum Gasteiger partial charge on any atom is -0.356 e. The van der Waals surface area contributed by atoms with Crippen LogP contribution in [0.25, 0.3) is 11.4 Å². The van der Waals surface area contributed by atoms with E-state index in [4.69, 9.17) is 0 Å². The van der Waals surface area contributed by atoms with Crippen LogP contribution in [0, 0.1) is 25.6 Å². The van der Waals surface area contributed by atoms with Crippen molar-refractivity contribution in [2.45, 2.75) is 52.4 Å². The molecule has 1 amide bonds. The molecule has 1 aliphatic carbocycles. The average molecular weight is 411 g/mol. The molecule has 0 saturated heterocycles. The average Bonchev–Trinajstić information content (AvgIpc) is 2.96. The summed E-state index contributed by atoms with van der Waals surface area (Å²) in [5.74, 6) is -2.10. The Hall–Kier alpha value is -2.96. The van der Waals surface area contributed by atoms with Crippen molar-refractivity contribution in [1.82, 2.24) is 15.3 Å². The van der Waals surface area contributed by atoms with E-state index in [1.54, 1.807) is 12.1 Å². The number of rotatable bonds is 7. The number of hydrogen-bond acceptors (Lipinski definition) is 5. The molecule has 2 unspecified atom stereocenters. The lowest BCUT2D eigenvalue weighted by atomic mass is 9.86. The van der Waals surface area contributed by atoms with Gasteiger partial charge in [-0.05, 0) is 49.1 Å². The van der Waals surface area contributed by atoms with E-state index >= 15 is 0 Å². The van der Waals surface area contributed by atoms with Crippen molar-refractivity contribution in [3.8, 4) is 11.4 Å². The second-order valence-corrected chi connectivity index (χ2v) is 7.86. The smallest absolute Gasteiger partial charge is 0.220 e. The van der Waals surface area contributed by atoms with Crippen LogP contribution in [0.15, 0.2) is 24.5 Å². The van der Waals surface area contributed by atoms with Crippen molar-refractivity contribution in [1.29, 1.82) is 0 Å². The fraction of sp³-hybridized carbons (Fsp3) is 0.435. The lowest BCUT2D eigenvalue weighted by Crippen LogP contribution is -2.28. The first-order chi connectivity index (χ1) is 14.3. The van der Waals surface area contributed by atoms with Gasteiger partial charge in [-0.15, -0.1) is 0 Å². The Morgan fingerprint density at radius 3 is 2.40 bits per heavy atom. The van der Waals surface area contributed by atoms with Gasteiger partial charge in [-0.3, -0.25) is 14.4 Å². The van der Waals surface area contributed by atoms with E-state index in [-0.39, 0.29) is 30.3 Å². The maximum absolute atomic E-state index is 13.1. The molecular weight excluding hydrogens is 385 g/mol. The van der Waals surface area contributed by atoms with Gasteiger partial charge in [-0.2, -0.15) is 0 Å². The van der Waals surface area contributed by atoms with Gasteiger partial charge in [0, 0.05) is 30.9 Å². The summed E-state index contributed by atoms with van der Waals surface area (Å²) in [6.07, 6.45) is 4.19. The molecular formula is C23H26FN3O3. The highest BCUT2D eigenvalue weighted by Crippen LogP contribution is 2.38. The minimum atomic E-state index is -0.846. The predicted molar refractivity (Wildman–Crippen MR) is 110 cm³/mol. The summed E-state index contributed by atoms with van der Waals surface area (Å²) in [4.78, 5) is 45.8. The number of ketones is 2. The summed E-state index contributed by atoms with van der Waals surface area (Å²) in [6.45, 7) is 6.29. The molecule has 7 heteroatoms. The molecule has 1 saturated carbocycles. The first-order valence-electron chi connectivity index (χ1n) is 10.2. The molecule has 1 aliphatic rings. The maximum atomic E-state index is 13.1. The highest BCUT2D eigenvalue weighted by molar-refractivity contribution is 6.15. The number of nitrogens with zero attached hydrogens (tertiary/aromatic N) is 2. The SMILES string of the molecule is CCCCNC(=O)CC1CC(=O)C(c2c(C)cc(-c3ncc(F)cn3)cc2C)C1=O. The number of aryl methyl sites for hydroxylation is 2. The Bertz CT molecular complexity index is 949. The largest absolute Gasteiger partial charge is 0.356 e. The molecule has 30 heavy (non-hydrogen) atoms. The third-order valence-electron chi connectivity index (χ3n) is 5.50. The van der Waals surface area contributed by atoms with Gasteiger partial charge in [0.05, 0.1) is 12.4 Å². The van der Waals surface area contributed by atoms with Crippen LogP contribution >= 0.6 is 0 Å². The van der Waals surface area contributed by atoms with Crippen LogP contribution in [0.2, 0.25) is 0 Å². The van der Waals surface area contributed by atoms with Crippen molar-refractivity contribution >= 4 is 17.5 Å². The molecule has 6 nitrogen and oxygen atoms in total. The molecule has 0 radical (unpaired) electrons. The van der Waals surface area contributed by atoms with E-state index in [0.29, 0.717) is 23.5 Å². The first-order valence-corrected chi connectivity index (χ1v) is 10.2. The molecule has 1 fully saturated rings. The van der Waals surface area contributed by atoms with Crippen LogP contribution in [0.4, 0.5) is 4.39 Å². The molecule has 1 aromatic carbocycles. The van der Waals surface area contributed by atoms with Gasteiger partial charge < -0.3 is 5.32 Å². The second-order valence-electron chi connectivity index (χ2n) is 7.86. The number of halogens is 1. The quantitative estimate of drug-likeness (QED) is 0.557. The molecule has 3 rings (SSSR count). The van der Waals surface area contributed by atoms with E-state index in [9.17, 15) is 18.8 Å². The van der Waals surface area contributed by atoms with Gasteiger partial charge in [0.1, 0.15) is 11.7 Å². The topological polar surface area (TPSA) is 89.0 Å². The number of amides is 1. The number of carbonyl (C=O) groups excluding carboxylic acids is 3. The van der Waals surface area contributed by atoms with Crippen molar-refractivity contribution < 1.29 is 18.8 Å². The van der Waals surface area contributed by atoms with E-state index in [2.05, 4.69) is 15.3 Å². The van der Waals surface area contributed by atoms with Crippen molar-refractivity contribution in [2.24, 2.45) is 5.92 Å². The number of hydrogen-bond donors (Lipinski definition) is 1. The second kappa shape index (κ2) is 9.24. The van der Waals surface area contributed by atoms with E-state index in [1.165, 1.54) is 0 Å². The van der Waals surface area contributed by atoms with E-state index in [0.717, 1.165) is 36.4 Å². The molecule has 158 valence electrons. The number of carbonyl (C=O) groups is 3. The van der Waals surface area contributed by atoms with E-state index < -0.39 is 17.7 Å². The zero-order valence-corrected chi connectivity index (χ0v) is 17.5. The number of aromatic nitrogens is 2. The molecule has 1 aromatic heterocycles. The lowest BCUT2D eigenvalue weighted by Gasteiger charge is -2.17. The minimum absolute atomic E-state index is 0.0460. The van der Waals surface area contributed by atoms with Crippen LogP contribution in [0.1, 0.15) is 55.2 Å². The fourth-order valence-electron chi connectivity index (χ4n) is 4.05. The molecule has 2 aromatic rings. The van der Waals surface area contributed by atoms with Crippen LogP contribution in [0.5, 0.6) is 0 Å². The zero-order valence-electron chi connectivity index (χ0n) is 17.5. The first kappa shape index (κ1) is 21.7. The number of benzene rings is 1. The summed E-state index contributed by atoms with van der Waals surface area (Å²) in [7, 11) is 0. The molecule has 0 bridgehead atoms. The molecule has 1 N–H and O–H groups in total. The van der Waals surface area contributed by atoms with E-state index in [1.807, 2.05) is 20.8 Å². The Balaban J connectivity index is 1.81. The summed E-state index contributed by atoms with van der Waals surface area (Å²) < 4.78 is 13.1. The number of unbranched alkanes of at least 4 members (excludes halogenated alkanes) is 1. The van der Waals surface area contributed by atoms with Gasteiger partial charge in [-0.25, -0.2) is 14.4 Å². The Morgan fingerprint density at radius 1 is 1.17 bits per heavy atom. The van der Waals surface area contributed by atoms with Crippen molar-refractivity contribution in [3.05, 3.63) is 47.0 Å². The molecule has 0 spiro atoms. The summed E-state index contributed by atoms with van der Waals surface area (Å²) >= 11 is 0. The Kier molecular flexibility index (Phi) is 6.70. The van der Waals surface area contributed by atoms with Crippen molar-refractivity contribution in [2.75, 3.05) is 6.54 Å². The normalized spacial score (nSPS) is 18.7. The van der Waals surface area contributed by atoms with Gasteiger partial charge >= 0.3 is 0 Å². The molecule has 1 heterocycles. The maximum Gasteiger partial charge on any atom is 0.220 e. The van der Waals surface area contributed by atoms with Gasteiger partial charge in [0.15, 0.2) is 17.4 Å². The third kappa shape index (κ3) is 4.61. The summed E-state index contributed by atoms with van der Waals surface area (Å²) in [6, 6.07) is 3.61. The summed E-state index contributed by atoms with van der Waals surface area (Å²) in [5.41, 5.74) is 2.93. The number of Topliss-reactive ketones (excluding diaryl/α,β-unsaturated/α-hetero) is 2. The molecule has 2 atom stereocenters. The molecule has 0 aliphatic heterocycles. The number of nitrogens with one attached hydrogen (secondary N) is 1. The summed E-state index contributed by atoms with van der Waals surface area (Å²) in [5, 5.41) is 2.81. The van der Waals surface area contributed by atoms with Gasteiger partial charge in [0.2, 0.25) is 5.91 Å².